The second-order valence-corrected chi connectivity index (χ2v) is 5.76. The predicted molar refractivity (Wildman–Crippen MR) is 71.5 cm³/mol. The Kier molecular flexibility index (Phi) is 5.66. The lowest BCUT2D eigenvalue weighted by Crippen LogP contribution is -2.43. The maximum atomic E-state index is 11.9. The van der Waals surface area contributed by atoms with Gasteiger partial charge in [0.25, 0.3) is 0 Å². The molecular weight excluding hydrogens is 230 g/mol. The first-order valence-electron chi connectivity index (χ1n) is 6.59. The minimum absolute atomic E-state index is 0.212. The second kappa shape index (κ2) is 6.78. The third-order valence-corrected chi connectivity index (χ3v) is 2.76. The van der Waals surface area contributed by atoms with Crippen molar-refractivity contribution in [1.29, 1.82) is 0 Å². The number of ether oxygens (including phenoxy) is 2. The van der Waals surface area contributed by atoms with Crippen LogP contribution in [0.4, 0.5) is 4.79 Å². The number of hydrogen-bond donors (Lipinski definition) is 0. The van der Waals surface area contributed by atoms with Gasteiger partial charge < -0.3 is 14.4 Å². The van der Waals surface area contributed by atoms with Crippen molar-refractivity contribution in [3.63, 3.8) is 0 Å². The summed E-state index contributed by atoms with van der Waals surface area (Å²) in [7, 11) is 0. The van der Waals surface area contributed by atoms with Crippen LogP contribution < -0.4 is 0 Å². The minimum atomic E-state index is -0.427. The highest BCUT2D eigenvalue weighted by atomic mass is 16.6. The summed E-state index contributed by atoms with van der Waals surface area (Å²) in [6.45, 7) is 12.1. The topological polar surface area (TPSA) is 38.8 Å². The summed E-state index contributed by atoms with van der Waals surface area (Å²) in [6.07, 6.45) is 3.66. The molecule has 0 bridgehead atoms. The molecule has 0 aromatic heterocycles. The third kappa shape index (κ3) is 5.54. The first-order valence-corrected chi connectivity index (χ1v) is 6.59. The van der Waals surface area contributed by atoms with Gasteiger partial charge in [0.2, 0.25) is 0 Å². The van der Waals surface area contributed by atoms with Crippen LogP contribution in [0.2, 0.25) is 0 Å². The zero-order valence-corrected chi connectivity index (χ0v) is 11.8. The summed E-state index contributed by atoms with van der Waals surface area (Å²) in [6, 6.07) is 0. The number of rotatable bonds is 4. The Hall–Kier alpha value is -1.03. The van der Waals surface area contributed by atoms with Crippen LogP contribution in [0.25, 0.3) is 0 Å². The van der Waals surface area contributed by atoms with Crippen molar-refractivity contribution < 1.29 is 14.3 Å². The minimum Gasteiger partial charge on any atom is -0.444 e. The average Bonchev–Trinajstić information content (AvgIpc) is 2.27. The van der Waals surface area contributed by atoms with Crippen LogP contribution >= 0.6 is 0 Å². The number of likely N-dealkylation sites (tertiary alicyclic amines) is 1. The molecule has 4 heteroatoms. The molecule has 1 aliphatic heterocycles. The third-order valence-electron chi connectivity index (χ3n) is 2.76. The van der Waals surface area contributed by atoms with Gasteiger partial charge in [-0.3, -0.25) is 0 Å². The number of hydrogen-bond acceptors (Lipinski definition) is 3. The van der Waals surface area contributed by atoms with Gasteiger partial charge in [0.1, 0.15) is 5.60 Å². The van der Waals surface area contributed by atoms with Crippen molar-refractivity contribution in [2.45, 2.75) is 39.2 Å². The zero-order chi connectivity index (χ0) is 13.6. The fourth-order valence-electron chi connectivity index (χ4n) is 2.01. The van der Waals surface area contributed by atoms with E-state index in [4.69, 9.17) is 9.47 Å². The molecule has 1 rings (SSSR count). The van der Waals surface area contributed by atoms with E-state index in [2.05, 4.69) is 6.58 Å². The molecule has 1 aliphatic rings. The van der Waals surface area contributed by atoms with Gasteiger partial charge in [0.15, 0.2) is 0 Å². The number of piperidine rings is 1. The Morgan fingerprint density at radius 3 is 2.83 bits per heavy atom. The largest absolute Gasteiger partial charge is 0.444 e. The van der Waals surface area contributed by atoms with Crippen LogP contribution in [-0.2, 0) is 9.47 Å². The fourth-order valence-corrected chi connectivity index (χ4v) is 2.01. The quantitative estimate of drug-likeness (QED) is 0.573. The molecule has 1 atom stereocenters. The Bertz CT molecular complexity index is 283. The Labute approximate surface area is 110 Å². The lowest BCUT2D eigenvalue weighted by Gasteiger charge is -2.34. The van der Waals surface area contributed by atoms with E-state index in [1.54, 1.807) is 11.0 Å². The average molecular weight is 255 g/mol. The normalized spacial score (nSPS) is 20.6. The van der Waals surface area contributed by atoms with E-state index < -0.39 is 5.60 Å². The molecule has 0 aromatic carbocycles. The number of carbonyl (C=O) groups is 1. The molecule has 18 heavy (non-hydrogen) atoms. The highest BCUT2D eigenvalue weighted by molar-refractivity contribution is 5.68. The smallest absolute Gasteiger partial charge is 0.410 e. The molecule has 1 saturated heterocycles. The van der Waals surface area contributed by atoms with Crippen LogP contribution in [0, 0.1) is 5.92 Å². The summed E-state index contributed by atoms with van der Waals surface area (Å²) < 4.78 is 10.8. The van der Waals surface area contributed by atoms with E-state index in [9.17, 15) is 4.79 Å². The van der Waals surface area contributed by atoms with Crippen molar-refractivity contribution in [1.82, 2.24) is 4.90 Å². The first-order chi connectivity index (χ1) is 8.42. The lowest BCUT2D eigenvalue weighted by atomic mass is 9.99. The van der Waals surface area contributed by atoms with E-state index in [-0.39, 0.29) is 6.09 Å². The Morgan fingerprint density at radius 2 is 2.22 bits per heavy atom. The SMILES string of the molecule is C=CCOC[C@@H]1CCCN(C(=O)OC(C)(C)C)C1. The predicted octanol–water partition coefficient (Wildman–Crippen LogP) is 2.84. The van der Waals surface area contributed by atoms with Crippen molar-refractivity contribution >= 4 is 6.09 Å². The number of carbonyl (C=O) groups excluding carboxylic acids is 1. The Balaban J connectivity index is 2.38. The second-order valence-electron chi connectivity index (χ2n) is 5.76. The summed E-state index contributed by atoms with van der Waals surface area (Å²) in [5.74, 6) is 0.409. The van der Waals surface area contributed by atoms with Crippen LogP contribution in [-0.4, -0.2) is 42.9 Å². The summed E-state index contributed by atoms with van der Waals surface area (Å²) in [4.78, 5) is 13.7. The van der Waals surface area contributed by atoms with Crippen LogP contribution in [0.5, 0.6) is 0 Å². The van der Waals surface area contributed by atoms with Gasteiger partial charge in [-0.25, -0.2) is 4.79 Å². The van der Waals surface area contributed by atoms with E-state index >= 15 is 0 Å². The summed E-state index contributed by atoms with van der Waals surface area (Å²) in [5, 5.41) is 0. The number of nitrogens with zero attached hydrogens (tertiary/aromatic N) is 1. The molecule has 104 valence electrons. The highest BCUT2D eigenvalue weighted by Gasteiger charge is 2.27. The molecule has 0 aromatic rings. The van der Waals surface area contributed by atoms with E-state index in [1.165, 1.54) is 0 Å². The monoisotopic (exact) mass is 255 g/mol. The molecule has 1 heterocycles. The molecule has 0 aliphatic carbocycles. The van der Waals surface area contributed by atoms with E-state index in [0.717, 1.165) is 25.9 Å². The van der Waals surface area contributed by atoms with Crippen LogP contribution in [0.1, 0.15) is 33.6 Å². The van der Waals surface area contributed by atoms with Crippen molar-refractivity contribution in [3.8, 4) is 0 Å². The molecule has 0 N–H and O–H groups in total. The molecule has 4 nitrogen and oxygen atoms in total. The van der Waals surface area contributed by atoms with Gasteiger partial charge in [-0.1, -0.05) is 6.08 Å². The molecule has 0 radical (unpaired) electrons. The van der Waals surface area contributed by atoms with Crippen molar-refractivity contribution in [2.75, 3.05) is 26.3 Å². The Morgan fingerprint density at radius 1 is 1.50 bits per heavy atom. The molecular formula is C14H25NO3. The highest BCUT2D eigenvalue weighted by Crippen LogP contribution is 2.19. The van der Waals surface area contributed by atoms with Gasteiger partial charge in [0.05, 0.1) is 13.2 Å². The number of amides is 1. The van der Waals surface area contributed by atoms with Gasteiger partial charge in [-0.05, 0) is 33.6 Å². The fraction of sp³-hybridized carbons (Fsp3) is 0.786. The lowest BCUT2D eigenvalue weighted by molar-refractivity contribution is 0.00928. The van der Waals surface area contributed by atoms with Gasteiger partial charge in [-0.2, -0.15) is 0 Å². The van der Waals surface area contributed by atoms with Crippen LogP contribution in [0.3, 0.4) is 0 Å². The molecule has 0 spiro atoms. The summed E-state index contributed by atoms with van der Waals surface area (Å²) >= 11 is 0. The molecule has 0 saturated carbocycles. The van der Waals surface area contributed by atoms with E-state index in [0.29, 0.717) is 19.1 Å². The van der Waals surface area contributed by atoms with Crippen LogP contribution in [0.15, 0.2) is 12.7 Å². The maximum Gasteiger partial charge on any atom is 0.410 e. The van der Waals surface area contributed by atoms with Crippen molar-refractivity contribution in [2.24, 2.45) is 5.92 Å². The van der Waals surface area contributed by atoms with Gasteiger partial charge >= 0.3 is 6.09 Å². The first kappa shape index (κ1) is 15.0. The maximum absolute atomic E-state index is 11.9. The molecule has 1 amide bonds. The van der Waals surface area contributed by atoms with E-state index in [1.807, 2.05) is 20.8 Å². The summed E-state index contributed by atoms with van der Waals surface area (Å²) in [5.41, 5.74) is -0.427. The van der Waals surface area contributed by atoms with Crippen molar-refractivity contribution in [3.05, 3.63) is 12.7 Å². The molecule has 1 fully saturated rings. The molecule has 0 unspecified atom stereocenters. The van der Waals surface area contributed by atoms with Gasteiger partial charge in [-0.15, -0.1) is 6.58 Å². The standard InChI is InChI=1S/C14H25NO3/c1-5-9-17-11-12-7-6-8-15(10-12)13(16)18-14(2,3)4/h5,12H,1,6-11H2,2-4H3/t12-/m1/s1. The zero-order valence-electron chi connectivity index (χ0n) is 11.8. The van der Waals surface area contributed by atoms with Gasteiger partial charge in [0, 0.05) is 19.0 Å².